The van der Waals surface area contributed by atoms with Crippen LogP contribution in [0.4, 0.5) is 5.69 Å². The van der Waals surface area contributed by atoms with Gasteiger partial charge in [0.15, 0.2) is 0 Å². The lowest BCUT2D eigenvalue weighted by molar-refractivity contribution is -0.387. The van der Waals surface area contributed by atoms with Crippen molar-refractivity contribution in [3.63, 3.8) is 0 Å². The van der Waals surface area contributed by atoms with Gasteiger partial charge < -0.3 is 0 Å². The molecule has 0 saturated heterocycles. The quantitative estimate of drug-likeness (QED) is 0.492. The summed E-state index contributed by atoms with van der Waals surface area (Å²) < 4.78 is 1.86. The highest BCUT2D eigenvalue weighted by atomic mass is 16.6. The minimum absolute atomic E-state index is 0.146. The summed E-state index contributed by atoms with van der Waals surface area (Å²) in [6, 6.07) is 0. The number of aromatic nitrogens is 2. The van der Waals surface area contributed by atoms with Crippen LogP contribution in [0.1, 0.15) is 12.6 Å². The molecule has 0 atom stereocenters. The fourth-order valence-corrected chi connectivity index (χ4v) is 1.46. The Balaban J connectivity index is 3.87. The summed E-state index contributed by atoms with van der Waals surface area (Å²) in [5.74, 6) is 0. The summed E-state index contributed by atoms with van der Waals surface area (Å²) in [5, 5.41) is 10.7. The van der Waals surface area contributed by atoms with Crippen molar-refractivity contribution in [2.24, 2.45) is 14.1 Å². The minimum atomic E-state index is -0.861. The topological polar surface area (TPSA) is 87.1 Å². The molecule has 1 heterocycles. The molecule has 1 rings (SSSR count). The molecule has 0 radical (unpaired) electrons. The van der Waals surface area contributed by atoms with Gasteiger partial charge in [-0.25, -0.2) is 4.79 Å². The van der Waals surface area contributed by atoms with Gasteiger partial charge in [-0.15, -0.1) is 0 Å². The maximum absolute atomic E-state index is 11.5. The molecule has 15 heavy (non-hydrogen) atoms. The van der Waals surface area contributed by atoms with Crippen LogP contribution in [-0.4, -0.2) is 14.1 Å². The molecule has 0 bridgehead atoms. The number of hydrogen-bond donors (Lipinski definition) is 0. The van der Waals surface area contributed by atoms with Crippen LogP contribution in [0.5, 0.6) is 0 Å². The van der Waals surface area contributed by atoms with Crippen molar-refractivity contribution < 1.29 is 4.92 Å². The van der Waals surface area contributed by atoms with Gasteiger partial charge in [0, 0.05) is 14.1 Å². The first-order valence-electron chi connectivity index (χ1n) is 4.35. The first-order valence-corrected chi connectivity index (χ1v) is 4.35. The van der Waals surface area contributed by atoms with Crippen LogP contribution in [0.2, 0.25) is 0 Å². The van der Waals surface area contributed by atoms with Crippen molar-refractivity contribution in [2.45, 2.75) is 13.3 Å². The smallest absolute Gasteiger partial charge is 0.294 e. The van der Waals surface area contributed by atoms with Crippen molar-refractivity contribution >= 4 is 5.69 Å². The minimum Gasteiger partial charge on any atom is -0.294 e. The average Bonchev–Trinajstić information content (AvgIpc) is 2.19. The monoisotopic (exact) mass is 213 g/mol. The molecular weight excluding hydrogens is 202 g/mol. The molecule has 0 fully saturated rings. The fourth-order valence-electron chi connectivity index (χ4n) is 1.46. The van der Waals surface area contributed by atoms with Crippen molar-refractivity contribution in [3.8, 4) is 0 Å². The molecule has 0 amide bonds. The van der Waals surface area contributed by atoms with E-state index in [0.29, 0.717) is 0 Å². The van der Waals surface area contributed by atoms with Crippen LogP contribution in [0.3, 0.4) is 0 Å². The number of nitro groups is 1. The van der Waals surface area contributed by atoms with Crippen LogP contribution in [0, 0.1) is 10.1 Å². The number of hydrogen-bond acceptors (Lipinski definition) is 4. The molecule has 0 unspecified atom stereocenters. The Kier molecular flexibility index (Phi) is 2.74. The summed E-state index contributed by atoms with van der Waals surface area (Å²) in [7, 11) is 2.63. The molecule has 7 nitrogen and oxygen atoms in total. The first-order chi connectivity index (χ1) is 6.91. The van der Waals surface area contributed by atoms with Gasteiger partial charge in [-0.1, -0.05) is 6.92 Å². The van der Waals surface area contributed by atoms with Crippen molar-refractivity contribution in [3.05, 3.63) is 36.6 Å². The van der Waals surface area contributed by atoms with Gasteiger partial charge in [-0.05, 0) is 6.42 Å². The van der Waals surface area contributed by atoms with Gasteiger partial charge >= 0.3 is 16.9 Å². The second-order valence-electron chi connectivity index (χ2n) is 3.11. The van der Waals surface area contributed by atoms with Gasteiger partial charge in [0.2, 0.25) is 0 Å². The van der Waals surface area contributed by atoms with E-state index in [0.717, 1.165) is 9.13 Å². The fraction of sp³-hybridized carbons (Fsp3) is 0.500. The summed E-state index contributed by atoms with van der Waals surface area (Å²) >= 11 is 0. The highest BCUT2D eigenvalue weighted by Gasteiger charge is 2.23. The Morgan fingerprint density at radius 2 is 1.80 bits per heavy atom. The SMILES string of the molecule is CCc1c([N+](=O)[O-])c(=O)n(C)c(=O)n1C. The zero-order valence-electron chi connectivity index (χ0n) is 8.68. The summed E-state index contributed by atoms with van der Waals surface area (Å²) in [6.45, 7) is 1.65. The van der Waals surface area contributed by atoms with Crippen LogP contribution >= 0.6 is 0 Å². The summed E-state index contributed by atoms with van der Waals surface area (Å²) in [4.78, 5) is 32.9. The lowest BCUT2D eigenvalue weighted by Gasteiger charge is -2.07. The second-order valence-corrected chi connectivity index (χ2v) is 3.11. The van der Waals surface area contributed by atoms with E-state index in [1.54, 1.807) is 6.92 Å². The van der Waals surface area contributed by atoms with E-state index in [-0.39, 0.29) is 12.1 Å². The Labute approximate surface area is 84.7 Å². The maximum Gasteiger partial charge on any atom is 0.353 e. The van der Waals surface area contributed by atoms with Crippen LogP contribution < -0.4 is 11.2 Å². The van der Waals surface area contributed by atoms with E-state index in [9.17, 15) is 19.7 Å². The zero-order chi connectivity index (χ0) is 11.7. The highest BCUT2D eigenvalue weighted by Crippen LogP contribution is 2.10. The predicted molar refractivity (Wildman–Crippen MR) is 53.0 cm³/mol. The van der Waals surface area contributed by atoms with Crippen LogP contribution in [0.25, 0.3) is 0 Å². The van der Waals surface area contributed by atoms with E-state index in [1.165, 1.54) is 14.1 Å². The van der Waals surface area contributed by atoms with E-state index in [2.05, 4.69) is 0 Å². The molecule has 0 saturated carbocycles. The number of rotatable bonds is 2. The van der Waals surface area contributed by atoms with E-state index >= 15 is 0 Å². The third-order valence-corrected chi connectivity index (χ3v) is 2.28. The van der Waals surface area contributed by atoms with Crippen molar-refractivity contribution in [2.75, 3.05) is 0 Å². The molecule has 0 aromatic carbocycles. The van der Waals surface area contributed by atoms with Gasteiger partial charge in [-0.3, -0.25) is 24.0 Å². The Morgan fingerprint density at radius 3 is 2.20 bits per heavy atom. The highest BCUT2D eigenvalue weighted by molar-refractivity contribution is 5.32. The summed E-state index contributed by atoms with van der Waals surface area (Å²) in [6.07, 6.45) is 0.262. The van der Waals surface area contributed by atoms with Crippen molar-refractivity contribution in [1.29, 1.82) is 0 Å². The van der Waals surface area contributed by atoms with Gasteiger partial charge in [0.05, 0.1) is 4.92 Å². The third kappa shape index (κ3) is 1.56. The lowest BCUT2D eigenvalue weighted by Crippen LogP contribution is -2.39. The van der Waals surface area contributed by atoms with E-state index in [4.69, 9.17) is 0 Å². The zero-order valence-corrected chi connectivity index (χ0v) is 8.68. The van der Waals surface area contributed by atoms with E-state index in [1.807, 2.05) is 0 Å². The van der Waals surface area contributed by atoms with Crippen LogP contribution in [0.15, 0.2) is 9.59 Å². The lowest BCUT2D eigenvalue weighted by atomic mass is 10.2. The average molecular weight is 213 g/mol. The van der Waals surface area contributed by atoms with E-state index < -0.39 is 21.9 Å². The third-order valence-electron chi connectivity index (χ3n) is 2.28. The Hall–Kier alpha value is -1.92. The molecule has 0 aliphatic carbocycles. The maximum atomic E-state index is 11.5. The van der Waals surface area contributed by atoms with Crippen molar-refractivity contribution in [1.82, 2.24) is 9.13 Å². The number of nitrogens with zero attached hydrogens (tertiary/aromatic N) is 3. The molecule has 0 N–H and O–H groups in total. The molecule has 0 aliphatic rings. The van der Waals surface area contributed by atoms with Gasteiger partial charge in [0.1, 0.15) is 5.69 Å². The molecule has 1 aromatic rings. The summed E-state index contributed by atoms with van der Waals surface area (Å²) in [5.41, 5.74) is -1.79. The second kappa shape index (κ2) is 3.68. The van der Waals surface area contributed by atoms with Crippen LogP contribution in [-0.2, 0) is 20.5 Å². The molecule has 0 aliphatic heterocycles. The largest absolute Gasteiger partial charge is 0.353 e. The Morgan fingerprint density at radius 1 is 1.27 bits per heavy atom. The molecule has 82 valence electrons. The standard InChI is InChI=1S/C8H11N3O4/c1-4-5-6(11(14)15)7(12)10(3)8(13)9(5)2/h4H2,1-3H3. The van der Waals surface area contributed by atoms with Gasteiger partial charge in [-0.2, -0.15) is 0 Å². The first kappa shape index (κ1) is 11.2. The normalized spacial score (nSPS) is 10.3. The predicted octanol–water partition coefficient (Wildman–Crippen LogP) is -0.445. The molecule has 0 spiro atoms. The molecule has 1 aromatic heterocycles. The molecule has 7 heteroatoms. The Bertz CT molecular complexity index is 526. The molecular formula is C8H11N3O4. The van der Waals surface area contributed by atoms with Gasteiger partial charge in [0.25, 0.3) is 0 Å².